The molecule has 0 unspecified atom stereocenters. The normalized spacial score (nSPS) is 16.2. The lowest BCUT2D eigenvalue weighted by Crippen LogP contribution is -2.48. The minimum Gasteiger partial charge on any atom is -0.497 e. The number of ether oxygens (including phenoxy) is 1. The Balaban J connectivity index is 1.55. The van der Waals surface area contributed by atoms with Gasteiger partial charge in [0.1, 0.15) is 5.75 Å². The zero-order chi connectivity index (χ0) is 18.4. The molecule has 1 aliphatic rings. The summed E-state index contributed by atoms with van der Waals surface area (Å²) in [4.78, 5) is 16.7. The molecule has 7 nitrogen and oxygen atoms in total. The lowest BCUT2D eigenvalue weighted by molar-refractivity contribution is -0.120. The summed E-state index contributed by atoms with van der Waals surface area (Å²) in [7, 11) is 1.63. The summed E-state index contributed by atoms with van der Waals surface area (Å²) in [6.07, 6.45) is 5.21. The van der Waals surface area contributed by atoms with Crippen molar-refractivity contribution in [1.82, 2.24) is 20.8 Å². The smallest absolute Gasteiger partial charge is 0.234 e. The highest BCUT2D eigenvalue weighted by Gasteiger charge is 2.38. The summed E-state index contributed by atoms with van der Waals surface area (Å²) in [6.45, 7) is 2.50. The molecule has 26 heavy (non-hydrogen) atoms. The Morgan fingerprint density at radius 1 is 1.23 bits per heavy atom. The predicted octanol–water partition coefficient (Wildman–Crippen LogP) is 2.45. The van der Waals surface area contributed by atoms with Gasteiger partial charge in [-0.3, -0.25) is 10.1 Å². The topological polar surface area (TPSA) is 89.3 Å². The first-order valence-corrected chi connectivity index (χ1v) is 9.07. The van der Waals surface area contributed by atoms with Gasteiger partial charge in [0, 0.05) is 13.5 Å². The van der Waals surface area contributed by atoms with Gasteiger partial charge < -0.3 is 14.6 Å². The SMILES string of the molecule is COc1ccc(CNC(=O)CNC2(c3noc(C)n3)CCCCC2)cc1. The van der Waals surface area contributed by atoms with Crippen LogP contribution in [0.25, 0.3) is 0 Å². The van der Waals surface area contributed by atoms with Crippen molar-refractivity contribution in [2.24, 2.45) is 0 Å². The second kappa shape index (κ2) is 8.31. The number of hydrogen-bond acceptors (Lipinski definition) is 6. The molecule has 0 bridgehead atoms. The Labute approximate surface area is 153 Å². The first-order valence-electron chi connectivity index (χ1n) is 9.07. The number of benzene rings is 1. The predicted molar refractivity (Wildman–Crippen MR) is 96.6 cm³/mol. The first kappa shape index (κ1) is 18.4. The molecular formula is C19H26N4O3. The van der Waals surface area contributed by atoms with Gasteiger partial charge in [-0.25, -0.2) is 0 Å². The maximum Gasteiger partial charge on any atom is 0.234 e. The highest BCUT2D eigenvalue weighted by Crippen LogP contribution is 2.35. The van der Waals surface area contributed by atoms with Gasteiger partial charge in [-0.1, -0.05) is 36.6 Å². The molecule has 2 N–H and O–H groups in total. The van der Waals surface area contributed by atoms with Crippen LogP contribution in [0, 0.1) is 6.92 Å². The van der Waals surface area contributed by atoms with Crippen LogP contribution >= 0.6 is 0 Å². The monoisotopic (exact) mass is 358 g/mol. The zero-order valence-corrected chi connectivity index (χ0v) is 15.4. The molecule has 1 aromatic carbocycles. The average molecular weight is 358 g/mol. The molecule has 0 spiro atoms. The number of aryl methyl sites for hydroxylation is 1. The molecule has 1 amide bonds. The van der Waals surface area contributed by atoms with Crippen molar-refractivity contribution >= 4 is 5.91 Å². The summed E-state index contributed by atoms with van der Waals surface area (Å²) < 4.78 is 10.3. The van der Waals surface area contributed by atoms with Gasteiger partial charge in [0.15, 0.2) is 5.82 Å². The fourth-order valence-corrected chi connectivity index (χ4v) is 3.38. The van der Waals surface area contributed by atoms with Gasteiger partial charge in [-0.15, -0.1) is 0 Å². The van der Waals surface area contributed by atoms with Crippen LogP contribution in [-0.4, -0.2) is 29.7 Å². The van der Waals surface area contributed by atoms with E-state index < -0.39 is 0 Å². The Morgan fingerprint density at radius 3 is 2.58 bits per heavy atom. The van der Waals surface area contributed by atoms with Crippen molar-refractivity contribution in [2.45, 2.75) is 51.1 Å². The molecule has 1 aromatic heterocycles. The molecule has 3 rings (SSSR count). The van der Waals surface area contributed by atoms with Gasteiger partial charge in [0.2, 0.25) is 11.8 Å². The lowest BCUT2D eigenvalue weighted by Gasteiger charge is -2.35. The number of carbonyl (C=O) groups is 1. The van der Waals surface area contributed by atoms with Crippen LogP contribution < -0.4 is 15.4 Å². The first-order chi connectivity index (χ1) is 12.6. The Kier molecular flexibility index (Phi) is 5.88. The van der Waals surface area contributed by atoms with Gasteiger partial charge in [0.25, 0.3) is 0 Å². The fourth-order valence-electron chi connectivity index (χ4n) is 3.38. The Morgan fingerprint density at radius 2 is 1.96 bits per heavy atom. The number of rotatable bonds is 7. The number of nitrogens with zero attached hydrogens (tertiary/aromatic N) is 2. The van der Waals surface area contributed by atoms with Crippen molar-refractivity contribution in [1.29, 1.82) is 0 Å². The molecule has 2 aromatic rings. The molecule has 7 heteroatoms. The van der Waals surface area contributed by atoms with Crippen molar-refractivity contribution in [3.8, 4) is 5.75 Å². The second-order valence-electron chi connectivity index (χ2n) is 6.76. The van der Waals surface area contributed by atoms with E-state index in [0.717, 1.165) is 37.0 Å². The van der Waals surface area contributed by atoms with E-state index in [1.54, 1.807) is 14.0 Å². The molecule has 0 saturated heterocycles. The third-order valence-electron chi connectivity index (χ3n) is 4.90. The third kappa shape index (κ3) is 4.40. The molecule has 0 aliphatic heterocycles. The molecule has 1 aliphatic carbocycles. The number of nitrogens with one attached hydrogen (secondary N) is 2. The average Bonchev–Trinajstić information content (AvgIpc) is 3.13. The Bertz CT molecular complexity index is 721. The number of aromatic nitrogens is 2. The van der Waals surface area contributed by atoms with Crippen LogP contribution in [0.5, 0.6) is 5.75 Å². The number of carbonyl (C=O) groups excluding carboxylic acids is 1. The molecule has 0 radical (unpaired) electrons. The molecule has 140 valence electrons. The standard InChI is InChI=1S/C19H26N4O3/c1-14-22-18(23-26-14)19(10-4-3-5-11-19)21-13-17(24)20-12-15-6-8-16(25-2)9-7-15/h6-9,21H,3-5,10-13H2,1-2H3,(H,20,24). The largest absolute Gasteiger partial charge is 0.497 e. The highest BCUT2D eigenvalue weighted by molar-refractivity contribution is 5.78. The summed E-state index contributed by atoms with van der Waals surface area (Å²) in [5, 5.41) is 10.5. The van der Waals surface area contributed by atoms with Crippen molar-refractivity contribution in [3.63, 3.8) is 0 Å². The molecular weight excluding hydrogens is 332 g/mol. The van der Waals surface area contributed by atoms with E-state index in [9.17, 15) is 4.79 Å². The summed E-state index contributed by atoms with van der Waals surface area (Å²) in [5.74, 6) is 1.97. The van der Waals surface area contributed by atoms with E-state index in [4.69, 9.17) is 9.26 Å². The molecule has 1 saturated carbocycles. The van der Waals surface area contributed by atoms with Crippen LogP contribution in [0.15, 0.2) is 28.8 Å². The van der Waals surface area contributed by atoms with Crippen LogP contribution in [0.3, 0.4) is 0 Å². The summed E-state index contributed by atoms with van der Waals surface area (Å²) in [5.41, 5.74) is 0.660. The maximum absolute atomic E-state index is 12.3. The molecule has 1 heterocycles. The van der Waals surface area contributed by atoms with Gasteiger partial charge in [-0.05, 0) is 30.5 Å². The van der Waals surface area contributed by atoms with Crippen LogP contribution in [-0.2, 0) is 16.9 Å². The van der Waals surface area contributed by atoms with E-state index in [1.807, 2.05) is 24.3 Å². The van der Waals surface area contributed by atoms with Crippen molar-refractivity contribution in [3.05, 3.63) is 41.5 Å². The summed E-state index contributed by atoms with van der Waals surface area (Å²) in [6, 6.07) is 7.65. The van der Waals surface area contributed by atoms with E-state index in [0.29, 0.717) is 18.3 Å². The third-order valence-corrected chi connectivity index (χ3v) is 4.90. The van der Waals surface area contributed by atoms with E-state index in [2.05, 4.69) is 20.8 Å². The van der Waals surface area contributed by atoms with Crippen molar-refractivity contribution in [2.75, 3.05) is 13.7 Å². The van der Waals surface area contributed by atoms with E-state index in [1.165, 1.54) is 6.42 Å². The van der Waals surface area contributed by atoms with Gasteiger partial charge >= 0.3 is 0 Å². The lowest BCUT2D eigenvalue weighted by atomic mass is 9.81. The minimum atomic E-state index is -0.368. The quantitative estimate of drug-likeness (QED) is 0.790. The zero-order valence-electron chi connectivity index (χ0n) is 15.4. The molecule has 1 fully saturated rings. The number of amides is 1. The highest BCUT2D eigenvalue weighted by atomic mass is 16.5. The van der Waals surface area contributed by atoms with Gasteiger partial charge in [-0.2, -0.15) is 4.98 Å². The molecule has 0 atom stereocenters. The fraction of sp³-hybridized carbons (Fsp3) is 0.526. The van der Waals surface area contributed by atoms with Gasteiger partial charge in [0.05, 0.1) is 19.2 Å². The number of hydrogen-bond donors (Lipinski definition) is 2. The number of methoxy groups -OCH3 is 1. The van der Waals surface area contributed by atoms with E-state index >= 15 is 0 Å². The van der Waals surface area contributed by atoms with Crippen LogP contribution in [0.2, 0.25) is 0 Å². The van der Waals surface area contributed by atoms with Crippen LogP contribution in [0.1, 0.15) is 49.4 Å². The maximum atomic E-state index is 12.3. The van der Waals surface area contributed by atoms with Crippen molar-refractivity contribution < 1.29 is 14.1 Å². The van der Waals surface area contributed by atoms with E-state index in [-0.39, 0.29) is 18.0 Å². The second-order valence-corrected chi connectivity index (χ2v) is 6.76. The minimum absolute atomic E-state index is 0.0500. The summed E-state index contributed by atoms with van der Waals surface area (Å²) >= 11 is 0. The Hall–Kier alpha value is -2.41. The van der Waals surface area contributed by atoms with Crippen LogP contribution in [0.4, 0.5) is 0 Å².